The number of carbonyl (C=O) groups is 1. The summed E-state index contributed by atoms with van der Waals surface area (Å²) in [5.41, 5.74) is 1.74. The largest absolute Gasteiger partial charge is 0.287 e. The lowest BCUT2D eigenvalue weighted by atomic mass is 10.0. The molecule has 0 saturated heterocycles. The number of rotatable bonds is 5. The van der Waals surface area contributed by atoms with E-state index in [4.69, 9.17) is 0 Å². The van der Waals surface area contributed by atoms with Gasteiger partial charge in [-0.2, -0.15) is 0 Å². The second kappa shape index (κ2) is 7.61. The molecule has 29 heavy (non-hydrogen) atoms. The number of para-hydroxylation sites is 1. The Morgan fingerprint density at radius 1 is 0.862 bits per heavy atom. The summed E-state index contributed by atoms with van der Waals surface area (Å²) in [6.07, 6.45) is 0. The molecule has 0 aliphatic heterocycles. The Balaban J connectivity index is 2.13. The fraction of sp³-hybridized carbons (Fsp3) is 0.0870. The Morgan fingerprint density at radius 2 is 1.41 bits per heavy atom. The van der Waals surface area contributed by atoms with Crippen LogP contribution in [0.2, 0.25) is 0 Å². The van der Waals surface area contributed by atoms with Crippen LogP contribution in [0.15, 0.2) is 89.8 Å². The minimum atomic E-state index is -3.99. The lowest BCUT2D eigenvalue weighted by Gasteiger charge is -2.13. The summed E-state index contributed by atoms with van der Waals surface area (Å²) in [6, 6.07) is 24.1. The number of ketones is 1. The Hall–Kier alpha value is -2.70. The van der Waals surface area contributed by atoms with Crippen molar-refractivity contribution in [1.29, 1.82) is 0 Å². The van der Waals surface area contributed by atoms with Crippen LogP contribution in [-0.4, -0.2) is 18.2 Å². The molecule has 146 valence electrons. The number of hydrogen-bond donors (Lipinski definition) is 0. The molecule has 0 N–H and O–H groups in total. The van der Waals surface area contributed by atoms with Gasteiger partial charge in [-0.3, -0.25) is 4.79 Å². The quantitative estimate of drug-likeness (QED) is 0.285. The minimum absolute atomic E-state index is 0.136. The summed E-state index contributed by atoms with van der Waals surface area (Å²) in [4.78, 5) is 13.4. The van der Waals surface area contributed by atoms with E-state index in [1.807, 2.05) is 25.1 Å². The van der Waals surface area contributed by atoms with Gasteiger partial charge in [0, 0.05) is 21.3 Å². The molecule has 0 saturated carbocycles. The SMILES string of the molecule is CC(Br)c1c(C(=O)c2ccccc2)n(S(=O)(=O)c2ccccc2)c2ccccc12. The average Bonchev–Trinajstić information content (AvgIpc) is 3.10. The van der Waals surface area contributed by atoms with Gasteiger partial charge in [-0.05, 0) is 25.1 Å². The van der Waals surface area contributed by atoms with E-state index in [0.717, 1.165) is 5.39 Å². The zero-order valence-corrected chi connectivity index (χ0v) is 18.0. The highest BCUT2D eigenvalue weighted by Gasteiger charge is 2.32. The standard InChI is InChI=1S/C23H18BrNO3S/c1-16(24)21-19-14-8-9-15-20(19)25(29(27,28)18-12-6-3-7-13-18)22(21)23(26)17-10-4-2-5-11-17/h2-16H,1H3. The van der Waals surface area contributed by atoms with Crippen LogP contribution in [0.4, 0.5) is 0 Å². The van der Waals surface area contributed by atoms with Gasteiger partial charge >= 0.3 is 0 Å². The van der Waals surface area contributed by atoms with E-state index in [1.165, 1.54) is 16.1 Å². The van der Waals surface area contributed by atoms with Crippen molar-refractivity contribution in [3.63, 3.8) is 0 Å². The van der Waals surface area contributed by atoms with Gasteiger partial charge in [0.15, 0.2) is 0 Å². The third-order valence-electron chi connectivity index (χ3n) is 4.80. The van der Waals surface area contributed by atoms with Gasteiger partial charge in [0.2, 0.25) is 5.78 Å². The molecule has 0 bridgehead atoms. The van der Waals surface area contributed by atoms with E-state index < -0.39 is 10.0 Å². The van der Waals surface area contributed by atoms with Crippen LogP contribution in [0.1, 0.15) is 33.4 Å². The van der Waals surface area contributed by atoms with E-state index in [-0.39, 0.29) is 21.2 Å². The molecule has 4 aromatic rings. The molecule has 1 unspecified atom stereocenters. The summed E-state index contributed by atoms with van der Waals surface area (Å²) in [6.45, 7) is 1.89. The normalized spacial score (nSPS) is 12.8. The second-order valence-corrected chi connectivity index (χ2v) is 9.83. The molecule has 3 aromatic carbocycles. The van der Waals surface area contributed by atoms with Gasteiger partial charge in [-0.1, -0.05) is 82.7 Å². The van der Waals surface area contributed by atoms with Gasteiger partial charge < -0.3 is 0 Å². The Morgan fingerprint density at radius 3 is 2.03 bits per heavy atom. The maximum absolute atomic E-state index is 13.6. The summed E-state index contributed by atoms with van der Waals surface area (Å²) < 4.78 is 28.5. The first-order valence-electron chi connectivity index (χ1n) is 9.10. The van der Waals surface area contributed by atoms with Gasteiger partial charge in [-0.15, -0.1) is 0 Å². The average molecular weight is 468 g/mol. The van der Waals surface area contributed by atoms with Crippen molar-refractivity contribution in [1.82, 2.24) is 3.97 Å². The fourth-order valence-electron chi connectivity index (χ4n) is 3.53. The number of halogens is 1. The molecule has 1 atom stereocenters. The number of aromatic nitrogens is 1. The second-order valence-electron chi connectivity index (χ2n) is 6.67. The van der Waals surface area contributed by atoms with Crippen molar-refractivity contribution < 1.29 is 13.2 Å². The van der Waals surface area contributed by atoms with Gasteiger partial charge in [0.05, 0.1) is 10.4 Å². The molecule has 0 radical (unpaired) electrons. The molecule has 0 fully saturated rings. The van der Waals surface area contributed by atoms with Crippen LogP contribution in [0.25, 0.3) is 10.9 Å². The van der Waals surface area contributed by atoms with Crippen molar-refractivity contribution in [3.05, 3.63) is 102 Å². The third-order valence-corrected chi connectivity index (χ3v) is 6.99. The molecular weight excluding hydrogens is 450 g/mol. The topological polar surface area (TPSA) is 56.1 Å². The Bertz CT molecular complexity index is 1290. The summed E-state index contributed by atoms with van der Waals surface area (Å²) in [7, 11) is -3.99. The van der Waals surface area contributed by atoms with E-state index >= 15 is 0 Å². The fourth-order valence-corrected chi connectivity index (χ4v) is 5.54. The predicted octanol–water partition coefficient (Wildman–Crippen LogP) is 5.57. The van der Waals surface area contributed by atoms with Crippen molar-refractivity contribution in [2.24, 2.45) is 0 Å². The third kappa shape index (κ3) is 3.32. The first-order valence-corrected chi connectivity index (χ1v) is 11.5. The van der Waals surface area contributed by atoms with Crippen LogP contribution >= 0.6 is 15.9 Å². The van der Waals surface area contributed by atoms with Crippen LogP contribution in [-0.2, 0) is 10.0 Å². The lowest BCUT2D eigenvalue weighted by molar-refractivity contribution is 0.103. The molecule has 0 spiro atoms. The Kier molecular flexibility index (Phi) is 5.15. The van der Waals surface area contributed by atoms with Crippen LogP contribution in [0.5, 0.6) is 0 Å². The number of nitrogens with zero attached hydrogens (tertiary/aromatic N) is 1. The zero-order chi connectivity index (χ0) is 20.6. The van der Waals surface area contributed by atoms with Crippen molar-refractivity contribution in [2.45, 2.75) is 16.6 Å². The number of benzene rings is 3. The summed E-state index contributed by atoms with van der Waals surface area (Å²) >= 11 is 3.57. The maximum Gasteiger partial charge on any atom is 0.268 e. The molecule has 0 amide bonds. The van der Waals surface area contributed by atoms with E-state index in [9.17, 15) is 13.2 Å². The summed E-state index contributed by atoms with van der Waals surface area (Å²) in [5, 5.41) is 0.732. The lowest BCUT2D eigenvalue weighted by Crippen LogP contribution is -2.20. The number of carbonyl (C=O) groups excluding carboxylic acids is 1. The summed E-state index contributed by atoms with van der Waals surface area (Å²) in [5.74, 6) is -0.331. The number of fused-ring (bicyclic) bond motifs is 1. The van der Waals surface area contributed by atoms with Crippen LogP contribution < -0.4 is 0 Å². The molecular formula is C23H18BrNO3S. The van der Waals surface area contributed by atoms with Crippen LogP contribution in [0, 0.1) is 0 Å². The minimum Gasteiger partial charge on any atom is -0.287 e. The van der Waals surface area contributed by atoms with Gasteiger partial charge in [0.1, 0.15) is 5.69 Å². The molecule has 4 nitrogen and oxygen atoms in total. The molecule has 4 rings (SSSR count). The van der Waals surface area contributed by atoms with Crippen molar-refractivity contribution >= 4 is 42.6 Å². The van der Waals surface area contributed by atoms with Crippen molar-refractivity contribution in [3.8, 4) is 0 Å². The molecule has 1 heterocycles. The highest BCUT2D eigenvalue weighted by Crippen LogP contribution is 2.38. The van der Waals surface area contributed by atoms with E-state index in [1.54, 1.807) is 54.6 Å². The van der Waals surface area contributed by atoms with Gasteiger partial charge in [-0.25, -0.2) is 12.4 Å². The molecule has 0 aliphatic carbocycles. The Labute approximate surface area is 178 Å². The highest BCUT2D eigenvalue weighted by atomic mass is 79.9. The first kappa shape index (κ1) is 19.6. The maximum atomic E-state index is 13.6. The number of hydrogen-bond acceptors (Lipinski definition) is 3. The zero-order valence-electron chi connectivity index (χ0n) is 15.6. The monoisotopic (exact) mass is 467 g/mol. The van der Waals surface area contributed by atoms with Crippen LogP contribution in [0.3, 0.4) is 0 Å². The smallest absolute Gasteiger partial charge is 0.268 e. The van der Waals surface area contributed by atoms with E-state index in [2.05, 4.69) is 15.9 Å². The van der Waals surface area contributed by atoms with E-state index in [0.29, 0.717) is 16.6 Å². The van der Waals surface area contributed by atoms with Crippen molar-refractivity contribution in [2.75, 3.05) is 0 Å². The van der Waals surface area contributed by atoms with Gasteiger partial charge in [0.25, 0.3) is 10.0 Å². The highest BCUT2D eigenvalue weighted by molar-refractivity contribution is 9.09. The molecule has 1 aromatic heterocycles. The predicted molar refractivity (Wildman–Crippen MR) is 118 cm³/mol. The number of alkyl halides is 1. The molecule has 6 heteroatoms. The molecule has 0 aliphatic rings. The first-order chi connectivity index (χ1) is 13.9.